The van der Waals surface area contributed by atoms with E-state index in [0.717, 1.165) is 9.86 Å². The number of nitrogens with zero attached hydrogens (tertiary/aromatic N) is 4. The van der Waals surface area contributed by atoms with Crippen molar-refractivity contribution in [1.82, 2.24) is 9.66 Å². The molecule has 0 amide bonds. The molecular weight excluding hydrogens is 512 g/mol. The predicted molar refractivity (Wildman–Crippen MR) is 136 cm³/mol. The lowest BCUT2D eigenvalue weighted by Gasteiger charge is -2.09. The first-order chi connectivity index (χ1) is 17.1. The fourth-order valence-corrected chi connectivity index (χ4v) is 4.01. The molecule has 35 heavy (non-hydrogen) atoms. The number of hydrogen-bond donors (Lipinski definition) is 0. The molecular formula is C26H17BrN4O4. The maximum Gasteiger partial charge on any atom is 0.282 e. The number of furan rings is 1. The molecule has 8 nitrogen and oxygen atoms in total. The number of ether oxygens (including phenoxy) is 2. The molecule has 9 heteroatoms. The number of methoxy groups -OCH3 is 1. The van der Waals surface area contributed by atoms with Gasteiger partial charge in [0.15, 0.2) is 23.9 Å². The molecule has 0 spiro atoms. The van der Waals surface area contributed by atoms with Gasteiger partial charge in [0.25, 0.3) is 5.56 Å². The molecule has 2 aromatic heterocycles. The van der Waals surface area contributed by atoms with E-state index in [2.05, 4.69) is 26.0 Å². The smallest absolute Gasteiger partial charge is 0.282 e. The SMILES string of the molecule is COc1cc(C=Nn2c(-c3cc4cc(Br)ccc4o3)nc3ccccc3c2=O)ccc1OCC#N. The van der Waals surface area contributed by atoms with Crippen LogP contribution in [0.25, 0.3) is 33.5 Å². The zero-order valence-corrected chi connectivity index (χ0v) is 20.0. The van der Waals surface area contributed by atoms with Crippen LogP contribution in [-0.4, -0.2) is 29.6 Å². The van der Waals surface area contributed by atoms with E-state index in [9.17, 15) is 4.79 Å². The summed E-state index contributed by atoms with van der Waals surface area (Å²) in [5, 5.41) is 14.5. The van der Waals surface area contributed by atoms with E-state index in [4.69, 9.17) is 19.2 Å². The van der Waals surface area contributed by atoms with E-state index >= 15 is 0 Å². The van der Waals surface area contributed by atoms with Crippen LogP contribution in [0.2, 0.25) is 0 Å². The van der Waals surface area contributed by atoms with Crippen molar-refractivity contribution in [2.45, 2.75) is 0 Å². The quantitative estimate of drug-likeness (QED) is 0.274. The van der Waals surface area contributed by atoms with Gasteiger partial charge >= 0.3 is 0 Å². The molecule has 0 aliphatic heterocycles. The second-order valence-corrected chi connectivity index (χ2v) is 8.38. The van der Waals surface area contributed by atoms with E-state index in [1.807, 2.05) is 36.4 Å². The standard InChI is InChI=1S/C26H17BrN4O4/c1-33-23-12-16(6-8-22(23)34-11-10-28)15-29-31-25(30-20-5-3-2-4-19(20)26(31)32)24-14-17-13-18(27)7-9-21(17)35-24/h2-9,12-15H,11H2,1H3. The second kappa shape index (κ2) is 9.44. The summed E-state index contributed by atoms with van der Waals surface area (Å²) < 4.78 is 18.9. The highest BCUT2D eigenvalue weighted by Crippen LogP contribution is 2.30. The minimum atomic E-state index is -0.329. The fourth-order valence-electron chi connectivity index (χ4n) is 3.63. The Labute approximate surface area is 207 Å². The average Bonchev–Trinajstić information content (AvgIpc) is 3.30. The van der Waals surface area contributed by atoms with Crippen LogP contribution in [-0.2, 0) is 0 Å². The van der Waals surface area contributed by atoms with E-state index in [1.165, 1.54) is 18.0 Å². The van der Waals surface area contributed by atoms with Crippen molar-refractivity contribution < 1.29 is 13.9 Å². The van der Waals surface area contributed by atoms with Crippen LogP contribution in [0.1, 0.15) is 5.56 Å². The van der Waals surface area contributed by atoms with Gasteiger partial charge in [0, 0.05) is 9.86 Å². The maximum atomic E-state index is 13.4. The molecule has 3 aromatic carbocycles. The lowest BCUT2D eigenvalue weighted by atomic mass is 10.2. The normalized spacial score (nSPS) is 11.2. The Morgan fingerprint density at radius 2 is 2.00 bits per heavy atom. The van der Waals surface area contributed by atoms with Crippen molar-refractivity contribution in [2.24, 2.45) is 5.10 Å². The van der Waals surface area contributed by atoms with E-state index in [-0.39, 0.29) is 18.0 Å². The molecule has 0 aliphatic carbocycles. The van der Waals surface area contributed by atoms with Crippen LogP contribution in [0.3, 0.4) is 0 Å². The third-order valence-corrected chi connectivity index (χ3v) is 5.75. The number of aromatic nitrogens is 2. The Kier molecular flexibility index (Phi) is 6.04. The largest absolute Gasteiger partial charge is 0.493 e. The molecule has 0 atom stereocenters. The van der Waals surface area contributed by atoms with Gasteiger partial charge in [-0.05, 0) is 60.2 Å². The molecule has 0 radical (unpaired) electrons. The van der Waals surface area contributed by atoms with Crippen LogP contribution in [0.15, 0.2) is 85.5 Å². The number of fused-ring (bicyclic) bond motifs is 2. The summed E-state index contributed by atoms with van der Waals surface area (Å²) in [4.78, 5) is 18.1. The van der Waals surface area contributed by atoms with E-state index in [1.54, 1.807) is 36.4 Å². The summed E-state index contributed by atoms with van der Waals surface area (Å²) in [6.45, 7) is -0.0978. The zero-order chi connectivity index (χ0) is 24.4. The molecule has 0 unspecified atom stereocenters. The van der Waals surface area contributed by atoms with Crippen LogP contribution in [0, 0.1) is 11.3 Å². The number of hydrogen-bond acceptors (Lipinski definition) is 7. The molecule has 0 bridgehead atoms. The number of nitriles is 1. The summed E-state index contributed by atoms with van der Waals surface area (Å²) in [5.74, 6) is 1.57. The first-order valence-corrected chi connectivity index (χ1v) is 11.3. The zero-order valence-electron chi connectivity index (χ0n) is 18.4. The van der Waals surface area contributed by atoms with Gasteiger partial charge in [-0.3, -0.25) is 4.79 Å². The maximum absolute atomic E-state index is 13.4. The topological polar surface area (TPSA) is 103 Å². The van der Waals surface area contributed by atoms with E-state index < -0.39 is 0 Å². The molecule has 0 fully saturated rings. The number of rotatable bonds is 6. The molecule has 2 heterocycles. The van der Waals surface area contributed by atoms with Gasteiger partial charge in [0.05, 0.1) is 24.2 Å². The molecule has 5 rings (SSSR count). The highest BCUT2D eigenvalue weighted by atomic mass is 79.9. The van der Waals surface area contributed by atoms with Crippen molar-refractivity contribution >= 4 is 44.0 Å². The minimum Gasteiger partial charge on any atom is -0.493 e. The Morgan fingerprint density at radius 1 is 1.14 bits per heavy atom. The Balaban J connectivity index is 1.64. The molecule has 172 valence electrons. The van der Waals surface area contributed by atoms with E-state index in [0.29, 0.717) is 39.3 Å². The predicted octanol–water partition coefficient (Wildman–Crippen LogP) is 5.37. The average molecular weight is 529 g/mol. The minimum absolute atomic E-state index is 0.0978. The number of halogens is 1. The summed E-state index contributed by atoms with van der Waals surface area (Å²) in [6.07, 6.45) is 1.52. The number of para-hydroxylation sites is 1. The highest BCUT2D eigenvalue weighted by molar-refractivity contribution is 9.10. The summed E-state index contributed by atoms with van der Waals surface area (Å²) in [6, 6.07) is 21.6. The molecule has 0 N–H and O–H groups in total. The third kappa shape index (κ3) is 4.39. The summed E-state index contributed by atoms with van der Waals surface area (Å²) >= 11 is 3.47. The van der Waals surface area contributed by atoms with Gasteiger partial charge in [-0.2, -0.15) is 15.0 Å². The Bertz CT molecular complexity index is 1700. The molecule has 0 saturated heterocycles. The Morgan fingerprint density at radius 3 is 2.83 bits per heavy atom. The number of benzene rings is 3. The molecule has 0 saturated carbocycles. The van der Waals surface area contributed by atoms with Crippen LogP contribution in [0.5, 0.6) is 11.5 Å². The summed E-state index contributed by atoms with van der Waals surface area (Å²) in [5.41, 5.74) is 1.54. The van der Waals surface area contributed by atoms with Gasteiger partial charge in [-0.1, -0.05) is 28.1 Å². The third-order valence-electron chi connectivity index (χ3n) is 5.25. The monoisotopic (exact) mass is 528 g/mol. The van der Waals surface area contributed by atoms with Crippen molar-refractivity contribution in [3.8, 4) is 29.2 Å². The highest BCUT2D eigenvalue weighted by Gasteiger charge is 2.16. The van der Waals surface area contributed by atoms with Crippen molar-refractivity contribution in [3.05, 3.63) is 87.1 Å². The second-order valence-electron chi connectivity index (χ2n) is 7.46. The van der Waals surface area contributed by atoms with Crippen molar-refractivity contribution in [1.29, 1.82) is 5.26 Å². The summed E-state index contributed by atoms with van der Waals surface area (Å²) in [7, 11) is 1.51. The van der Waals surface area contributed by atoms with Crippen molar-refractivity contribution in [3.63, 3.8) is 0 Å². The van der Waals surface area contributed by atoms with Crippen LogP contribution >= 0.6 is 15.9 Å². The van der Waals surface area contributed by atoms with Crippen LogP contribution in [0.4, 0.5) is 0 Å². The van der Waals surface area contributed by atoms with Gasteiger partial charge < -0.3 is 13.9 Å². The molecule has 0 aliphatic rings. The van der Waals surface area contributed by atoms with Crippen LogP contribution < -0.4 is 15.0 Å². The fraction of sp³-hybridized carbons (Fsp3) is 0.0769. The van der Waals surface area contributed by atoms with Gasteiger partial charge in [-0.25, -0.2) is 4.98 Å². The lowest BCUT2D eigenvalue weighted by molar-refractivity contribution is 0.329. The first kappa shape index (κ1) is 22.4. The van der Waals surface area contributed by atoms with Gasteiger partial charge in [0.1, 0.15) is 11.7 Å². The van der Waals surface area contributed by atoms with Gasteiger partial charge in [0.2, 0.25) is 5.82 Å². The van der Waals surface area contributed by atoms with Crippen molar-refractivity contribution in [2.75, 3.05) is 13.7 Å². The van der Waals surface area contributed by atoms with Gasteiger partial charge in [-0.15, -0.1) is 0 Å². The Hall–Kier alpha value is -4.42. The molecule has 5 aromatic rings. The first-order valence-electron chi connectivity index (χ1n) is 10.5. The lowest BCUT2D eigenvalue weighted by Crippen LogP contribution is -2.20.